The van der Waals surface area contributed by atoms with Crippen molar-refractivity contribution in [3.05, 3.63) is 248 Å². The molecule has 4 heteroatoms. The molecule has 0 unspecified atom stereocenters. The second kappa shape index (κ2) is 17.7. The van der Waals surface area contributed by atoms with E-state index in [1.807, 2.05) is 0 Å². The highest BCUT2D eigenvalue weighted by Crippen LogP contribution is 2.44. The Balaban J connectivity index is 0.889. The molecular weight excluding hydrogens is 935 g/mol. The predicted molar refractivity (Wildman–Crippen MR) is 329 cm³/mol. The molecule has 0 aliphatic carbocycles. The van der Waals surface area contributed by atoms with Crippen LogP contribution in [-0.2, 0) is 17.4 Å². The number of rotatable bonds is 9. The Bertz CT molecular complexity index is 4250. The first-order chi connectivity index (χ1) is 36.7. The van der Waals surface area contributed by atoms with Crippen molar-refractivity contribution in [3.8, 4) is 22.5 Å². The van der Waals surface area contributed by atoms with E-state index in [1.165, 1.54) is 115 Å². The van der Waals surface area contributed by atoms with Gasteiger partial charge in [-0.1, -0.05) is 217 Å². The van der Waals surface area contributed by atoms with Gasteiger partial charge in [-0.05, 0) is 130 Å². The van der Waals surface area contributed by atoms with Crippen LogP contribution in [0, 0.1) is 0 Å². The van der Waals surface area contributed by atoms with Crippen molar-refractivity contribution in [3.63, 3.8) is 0 Å². The molecule has 0 saturated heterocycles. The first-order valence-corrected chi connectivity index (χ1v) is 29.1. The maximum atomic E-state index is 2.60. The van der Waals surface area contributed by atoms with Gasteiger partial charge in [0.2, 0.25) is 0 Å². The minimum atomic E-state index is -2.47. The van der Waals surface area contributed by atoms with Crippen LogP contribution >= 0.6 is 0 Å². The third kappa shape index (κ3) is 7.36. The Morgan fingerprint density at radius 2 is 0.855 bits per heavy atom. The Morgan fingerprint density at radius 3 is 1.46 bits per heavy atom. The first-order valence-electron chi connectivity index (χ1n) is 27.1. The third-order valence-corrected chi connectivity index (χ3v) is 22.6. The summed E-state index contributed by atoms with van der Waals surface area (Å²) in [6.07, 6.45) is 0.877. The highest BCUT2D eigenvalue weighted by molar-refractivity contribution is 7.13. The monoisotopic (exact) mass is 999 g/mol. The molecule has 10 aromatic carbocycles. The van der Waals surface area contributed by atoms with Gasteiger partial charge >= 0.3 is 0 Å². The Kier molecular flexibility index (Phi) is 11.1. The molecule has 13 aromatic rings. The van der Waals surface area contributed by atoms with Crippen molar-refractivity contribution in [2.24, 2.45) is 0 Å². The van der Waals surface area contributed by atoms with E-state index in [0.29, 0.717) is 0 Å². The van der Waals surface area contributed by atoms with Crippen molar-refractivity contribution < 1.29 is 0 Å². The van der Waals surface area contributed by atoms with Gasteiger partial charge in [0.05, 0.1) is 33.3 Å². The zero-order valence-electron chi connectivity index (χ0n) is 45.1. The van der Waals surface area contributed by atoms with Crippen molar-refractivity contribution in [2.45, 2.75) is 77.8 Å². The predicted octanol–water partition coefficient (Wildman–Crippen LogP) is 17.2. The molecule has 0 N–H and O–H groups in total. The summed E-state index contributed by atoms with van der Waals surface area (Å²) in [6.45, 7) is 19.2. The summed E-state index contributed by atoms with van der Waals surface area (Å²) in [6, 6.07) is 89.2. The van der Waals surface area contributed by atoms with Crippen LogP contribution in [0.5, 0.6) is 0 Å². The second-order valence-corrected chi connectivity index (χ2v) is 28.6. The summed E-state index contributed by atoms with van der Waals surface area (Å²) in [4.78, 5) is 0. The lowest BCUT2D eigenvalue weighted by Gasteiger charge is -2.44. The average Bonchev–Trinajstić information content (AvgIpc) is 4.28. The molecule has 0 aliphatic rings. The molecule has 3 heterocycles. The SMILES string of the molecule is CC(C)(Cc1cccc2c1c1cccc(-n3c4ccccc4c4ccccc43)c1n2C(C)(C)C)c1cccc(-n2c3ccccc3c3cc(-c4ccc([Si](c5ccccc5)(c5ccccc5)C(C)(C)C)cc4)ccc32)c1. The zero-order chi connectivity index (χ0) is 52.1. The first kappa shape index (κ1) is 47.5. The summed E-state index contributed by atoms with van der Waals surface area (Å²) in [5, 5.41) is 12.0. The van der Waals surface area contributed by atoms with E-state index in [2.05, 4.69) is 306 Å². The number of nitrogens with zero attached hydrogens (tertiary/aromatic N) is 3. The smallest absolute Gasteiger partial charge is 0.153 e. The molecule has 0 saturated carbocycles. The summed E-state index contributed by atoms with van der Waals surface area (Å²) in [5.74, 6) is 0. The summed E-state index contributed by atoms with van der Waals surface area (Å²) < 4.78 is 7.58. The molecule has 0 fully saturated rings. The van der Waals surface area contributed by atoms with Crippen LogP contribution in [0.25, 0.3) is 87.9 Å². The van der Waals surface area contributed by atoms with Gasteiger partial charge in [-0.3, -0.25) is 0 Å². The summed E-state index contributed by atoms with van der Waals surface area (Å²) in [5.41, 5.74) is 14.6. The molecule has 0 atom stereocenters. The number of para-hydroxylation sites is 4. The molecule has 0 amide bonds. The van der Waals surface area contributed by atoms with Gasteiger partial charge < -0.3 is 13.7 Å². The topological polar surface area (TPSA) is 14.8 Å². The van der Waals surface area contributed by atoms with Gasteiger partial charge in [0, 0.05) is 49.1 Å². The van der Waals surface area contributed by atoms with Crippen LogP contribution in [0.1, 0.15) is 66.5 Å². The van der Waals surface area contributed by atoms with Crippen molar-refractivity contribution in [1.82, 2.24) is 13.7 Å². The van der Waals surface area contributed by atoms with Gasteiger partial charge in [-0.25, -0.2) is 0 Å². The summed E-state index contributed by atoms with van der Waals surface area (Å²) in [7, 11) is -2.47. The molecule has 0 spiro atoms. The molecule has 372 valence electrons. The lowest BCUT2D eigenvalue weighted by molar-refractivity contribution is 0.423. The molecule has 13 rings (SSSR count). The van der Waals surface area contributed by atoms with E-state index in [9.17, 15) is 0 Å². The van der Waals surface area contributed by atoms with Gasteiger partial charge in [-0.2, -0.15) is 0 Å². The fraction of sp³-hybridized carbons (Fsp3) is 0.167. The number of hydrogen-bond acceptors (Lipinski definition) is 0. The van der Waals surface area contributed by atoms with E-state index < -0.39 is 8.07 Å². The van der Waals surface area contributed by atoms with Crippen LogP contribution in [0.15, 0.2) is 237 Å². The van der Waals surface area contributed by atoms with Crippen molar-refractivity contribution >= 4 is 89.1 Å². The van der Waals surface area contributed by atoms with Gasteiger partial charge in [-0.15, -0.1) is 0 Å². The highest BCUT2D eigenvalue weighted by atomic mass is 28.3. The largest absolute Gasteiger partial charge is 0.333 e. The van der Waals surface area contributed by atoms with Gasteiger partial charge in [0.15, 0.2) is 8.07 Å². The molecule has 3 aromatic heterocycles. The van der Waals surface area contributed by atoms with Crippen LogP contribution in [0.4, 0.5) is 0 Å². The Hall–Kier alpha value is -8.18. The maximum Gasteiger partial charge on any atom is 0.153 e. The number of fused-ring (bicyclic) bond motifs is 9. The zero-order valence-corrected chi connectivity index (χ0v) is 46.1. The fourth-order valence-electron chi connectivity index (χ4n) is 13.5. The molecular formula is C72H65N3Si. The number of hydrogen-bond donors (Lipinski definition) is 0. The number of benzene rings is 10. The van der Waals surface area contributed by atoms with Crippen molar-refractivity contribution in [1.29, 1.82) is 0 Å². The minimum absolute atomic E-state index is 0.0206. The minimum Gasteiger partial charge on any atom is -0.333 e. The molecule has 0 radical (unpaired) electrons. The standard InChI is InChI=1S/C72H65N3Si/c1-70(2,3)75-66-38-21-24-51(68(66)60-34-23-39-67(69(60)75)74-63-36-19-15-31-57(63)58-32-16-20-37-64(58)74)48-72(7,8)52-25-22-26-53(47-52)73-62-35-18-17-33-59(62)61-46-50(42-45-65(61)73)49-40-43-56(44-41-49)76(71(4,5)6,54-27-11-9-12-28-54)55-29-13-10-14-30-55/h9-47H,48H2,1-8H3. The van der Waals surface area contributed by atoms with Crippen LogP contribution < -0.4 is 15.6 Å². The average molecular weight is 1000 g/mol. The van der Waals surface area contributed by atoms with Gasteiger partial charge in [0.25, 0.3) is 0 Å². The number of aromatic nitrogens is 3. The van der Waals surface area contributed by atoms with E-state index in [0.717, 1.165) is 6.42 Å². The van der Waals surface area contributed by atoms with Crippen LogP contribution in [0.2, 0.25) is 5.04 Å². The maximum absolute atomic E-state index is 2.60. The van der Waals surface area contributed by atoms with E-state index in [-0.39, 0.29) is 16.0 Å². The van der Waals surface area contributed by atoms with Crippen molar-refractivity contribution in [2.75, 3.05) is 0 Å². The lowest BCUT2D eigenvalue weighted by atomic mass is 9.78. The third-order valence-electron chi connectivity index (χ3n) is 16.7. The molecule has 0 aliphatic heterocycles. The quantitative estimate of drug-likeness (QED) is 0.101. The Labute approximate surface area is 448 Å². The van der Waals surface area contributed by atoms with Crippen LogP contribution in [-0.4, -0.2) is 21.8 Å². The molecule has 3 nitrogen and oxygen atoms in total. The molecule has 0 bridgehead atoms. The normalized spacial score (nSPS) is 12.8. The molecule has 76 heavy (non-hydrogen) atoms. The fourth-order valence-corrected chi connectivity index (χ4v) is 19.2. The van der Waals surface area contributed by atoms with E-state index in [1.54, 1.807) is 0 Å². The van der Waals surface area contributed by atoms with Gasteiger partial charge in [0.1, 0.15) is 0 Å². The lowest BCUT2D eigenvalue weighted by Crippen LogP contribution is -2.72. The highest BCUT2D eigenvalue weighted by Gasteiger charge is 2.49. The van der Waals surface area contributed by atoms with E-state index >= 15 is 0 Å². The van der Waals surface area contributed by atoms with Crippen LogP contribution in [0.3, 0.4) is 0 Å². The summed E-state index contributed by atoms with van der Waals surface area (Å²) >= 11 is 0. The second-order valence-electron chi connectivity index (χ2n) is 23.9. The Morgan fingerprint density at radius 1 is 0.368 bits per heavy atom. The van der Waals surface area contributed by atoms with E-state index in [4.69, 9.17) is 0 Å².